The largest absolute Gasteiger partial charge is 0.465 e. The maximum atomic E-state index is 12.6. The molecular weight excluding hydrogens is 460 g/mol. The van der Waals surface area contributed by atoms with Gasteiger partial charge in [-0.1, -0.05) is 61.5 Å². The van der Waals surface area contributed by atoms with Crippen LogP contribution in [-0.2, 0) is 17.7 Å². The number of ether oxygens (including phenoxy) is 1. The zero-order chi connectivity index (χ0) is 24.4. The lowest BCUT2D eigenvalue weighted by atomic mass is 9.95. The van der Waals surface area contributed by atoms with Crippen LogP contribution in [0.2, 0.25) is 0 Å². The van der Waals surface area contributed by atoms with Crippen molar-refractivity contribution in [2.24, 2.45) is 0 Å². The first-order valence-corrected chi connectivity index (χ1v) is 12.2. The molecule has 0 radical (unpaired) electrons. The quantitative estimate of drug-likeness (QED) is 0.317. The number of aromatic amines is 1. The Morgan fingerprint density at radius 2 is 1.74 bits per heavy atom. The Bertz CT molecular complexity index is 1580. The molecular formula is C27H24N4O3S. The van der Waals surface area contributed by atoms with E-state index in [9.17, 15) is 9.59 Å². The SMILES string of the molecule is CCCc1nc2cccc(C(=O)OC)c2n1Cc1ccccc1-c1ccccc1-c1nsc(=O)[nH]1. The smallest absolute Gasteiger partial charge is 0.340 e. The van der Waals surface area contributed by atoms with Crippen LogP contribution in [0.1, 0.15) is 35.1 Å². The highest BCUT2D eigenvalue weighted by Gasteiger charge is 2.20. The number of rotatable bonds is 7. The molecule has 2 aromatic heterocycles. The number of para-hydroxylation sites is 1. The maximum absolute atomic E-state index is 12.6. The Kier molecular flexibility index (Phi) is 6.29. The van der Waals surface area contributed by atoms with Crippen LogP contribution in [0.4, 0.5) is 0 Å². The first-order valence-electron chi connectivity index (χ1n) is 11.4. The third-order valence-corrected chi connectivity index (χ3v) is 6.52. The molecule has 0 atom stereocenters. The summed E-state index contributed by atoms with van der Waals surface area (Å²) < 4.78 is 11.5. The van der Waals surface area contributed by atoms with E-state index >= 15 is 0 Å². The van der Waals surface area contributed by atoms with E-state index < -0.39 is 0 Å². The number of imidazole rings is 1. The van der Waals surface area contributed by atoms with Crippen molar-refractivity contribution in [2.45, 2.75) is 26.3 Å². The highest BCUT2D eigenvalue weighted by atomic mass is 32.1. The van der Waals surface area contributed by atoms with Crippen LogP contribution >= 0.6 is 11.5 Å². The minimum atomic E-state index is -0.383. The highest BCUT2D eigenvalue weighted by Crippen LogP contribution is 2.33. The van der Waals surface area contributed by atoms with E-state index in [1.165, 1.54) is 7.11 Å². The van der Waals surface area contributed by atoms with Gasteiger partial charge in [0.2, 0.25) is 0 Å². The lowest BCUT2D eigenvalue weighted by molar-refractivity contribution is 0.0602. The zero-order valence-corrected chi connectivity index (χ0v) is 20.3. The van der Waals surface area contributed by atoms with Gasteiger partial charge in [-0.2, -0.15) is 4.37 Å². The molecule has 0 aliphatic heterocycles. The van der Waals surface area contributed by atoms with Gasteiger partial charge in [-0.25, -0.2) is 9.78 Å². The van der Waals surface area contributed by atoms with E-state index in [1.54, 1.807) is 6.07 Å². The number of esters is 1. The zero-order valence-electron chi connectivity index (χ0n) is 19.4. The number of hydrogen-bond donors (Lipinski definition) is 1. The standard InChI is InChI=1S/C27H24N4O3S/c1-3-9-23-28-22-15-8-14-21(26(32)34-2)24(22)31(23)16-17-10-4-5-11-18(17)19-12-6-7-13-20(19)25-29-27(33)35-30-25/h4-8,10-15H,3,9,16H2,1-2H3,(H,29,30,33). The number of H-pyrrole nitrogens is 1. The van der Waals surface area contributed by atoms with E-state index in [0.29, 0.717) is 17.9 Å². The number of nitrogens with zero attached hydrogens (tertiary/aromatic N) is 3. The van der Waals surface area contributed by atoms with Crippen LogP contribution in [0, 0.1) is 0 Å². The van der Waals surface area contributed by atoms with E-state index in [1.807, 2.05) is 48.5 Å². The van der Waals surface area contributed by atoms with E-state index in [-0.39, 0.29) is 10.8 Å². The van der Waals surface area contributed by atoms with Gasteiger partial charge in [-0.3, -0.25) is 9.78 Å². The monoisotopic (exact) mass is 484 g/mol. The summed E-state index contributed by atoms with van der Waals surface area (Å²) >= 11 is 0.909. The van der Waals surface area contributed by atoms with Crippen molar-refractivity contribution in [1.29, 1.82) is 0 Å². The number of aromatic nitrogens is 4. The second kappa shape index (κ2) is 9.68. The first-order chi connectivity index (χ1) is 17.1. The number of carbonyl (C=O) groups is 1. The van der Waals surface area contributed by atoms with Gasteiger partial charge in [0.15, 0.2) is 5.82 Å². The second-order valence-electron chi connectivity index (χ2n) is 8.18. The van der Waals surface area contributed by atoms with Crippen molar-refractivity contribution in [2.75, 3.05) is 7.11 Å². The Morgan fingerprint density at radius 1 is 1.00 bits per heavy atom. The number of hydrogen-bond acceptors (Lipinski definition) is 6. The molecule has 0 spiro atoms. The highest BCUT2D eigenvalue weighted by molar-refractivity contribution is 7.03. The van der Waals surface area contributed by atoms with Gasteiger partial charge in [-0.05, 0) is 35.2 Å². The Balaban J connectivity index is 1.68. The fraction of sp³-hybridized carbons (Fsp3) is 0.185. The van der Waals surface area contributed by atoms with Gasteiger partial charge in [0.1, 0.15) is 5.82 Å². The van der Waals surface area contributed by atoms with Gasteiger partial charge < -0.3 is 9.30 Å². The molecule has 1 N–H and O–H groups in total. The molecule has 7 nitrogen and oxygen atoms in total. The third-order valence-electron chi connectivity index (χ3n) is 5.98. The molecule has 0 saturated heterocycles. The minimum Gasteiger partial charge on any atom is -0.465 e. The molecule has 3 aromatic carbocycles. The molecule has 5 aromatic rings. The second-order valence-corrected chi connectivity index (χ2v) is 8.91. The molecule has 2 heterocycles. The molecule has 8 heteroatoms. The van der Waals surface area contributed by atoms with Crippen LogP contribution in [0.25, 0.3) is 33.5 Å². The topological polar surface area (TPSA) is 89.9 Å². The Hall–Kier alpha value is -4.04. The van der Waals surface area contributed by atoms with E-state index in [4.69, 9.17) is 9.72 Å². The normalized spacial score (nSPS) is 11.1. The number of fused-ring (bicyclic) bond motifs is 1. The van der Waals surface area contributed by atoms with Crippen molar-refractivity contribution in [3.63, 3.8) is 0 Å². The Labute approximate surface area is 206 Å². The van der Waals surface area contributed by atoms with Crippen LogP contribution < -0.4 is 4.87 Å². The lowest BCUT2D eigenvalue weighted by Crippen LogP contribution is -2.10. The summed E-state index contributed by atoms with van der Waals surface area (Å²) in [5.41, 5.74) is 5.96. The average molecular weight is 485 g/mol. The Morgan fingerprint density at radius 3 is 2.46 bits per heavy atom. The van der Waals surface area contributed by atoms with Crippen molar-refractivity contribution < 1.29 is 9.53 Å². The van der Waals surface area contributed by atoms with E-state index in [2.05, 4.69) is 33.0 Å². The van der Waals surface area contributed by atoms with Crippen LogP contribution in [0.3, 0.4) is 0 Å². The van der Waals surface area contributed by atoms with Gasteiger partial charge in [0.25, 0.3) is 0 Å². The first kappa shape index (κ1) is 22.7. The van der Waals surface area contributed by atoms with E-state index in [0.717, 1.165) is 63.5 Å². The molecule has 0 amide bonds. The fourth-order valence-corrected chi connectivity index (χ4v) is 4.92. The summed E-state index contributed by atoms with van der Waals surface area (Å²) in [7, 11) is 1.39. The summed E-state index contributed by atoms with van der Waals surface area (Å²) in [6.45, 7) is 2.64. The molecule has 0 aliphatic rings. The van der Waals surface area contributed by atoms with Crippen LogP contribution in [-0.4, -0.2) is 32.0 Å². The molecule has 176 valence electrons. The summed E-state index contributed by atoms with van der Waals surface area (Å²) in [5, 5.41) is 0. The van der Waals surface area contributed by atoms with Gasteiger partial charge in [-0.15, -0.1) is 0 Å². The van der Waals surface area contributed by atoms with Gasteiger partial charge in [0, 0.05) is 30.1 Å². The predicted octanol–water partition coefficient (Wildman–Crippen LogP) is 5.30. The summed E-state index contributed by atoms with van der Waals surface area (Å²) in [6.07, 6.45) is 1.71. The van der Waals surface area contributed by atoms with Gasteiger partial charge in [0.05, 0.1) is 23.7 Å². The van der Waals surface area contributed by atoms with Crippen molar-refractivity contribution in [3.8, 4) is 22.5 Å². The fourth-order valence-electron chi connectivity index (χ4n) is 4.45. The number of benzene rings is 3. The third kappa shape index (κ3) is 4.28. The number of carbonyl (C=O) groups excluding carboxylic acids is 1. The van der Waals surface area contributed by atoms with Crippen molar-refractivity contribution in [3.05, 3.63) is 93.3 Å². The summed E-state index contributed by atoms with van der Waals surface area (Å²) in [4.78, 5) is 31.9. The number of aryl methyl sites for hydroxylation is 1. The number of methoxy groups -OCH3 is 1. The molecule has 0 aliphatic carbocycles. The van der Waals surface area contributed by atoms with Crippen molar-refractivity contribution >= 4 is 28.5 Å². The number of nitrogens with one attached hydrogen (secondary N) is 1. The maximum Gasteiger partial charge on any atom is 0.340 e. The van der Waals surface area contributed by atoms with Gasteiger partial charge >= 0.3 is 10.8 Å². The summed E-state index contributed by atoms with van der Waals surface area (Å²) in [5.74, 6) is 1.09. The molecule has 35 heavy (non-hydrogen) atoms. The average Bonchev–Trinajstić information content (AvgIpc) is 3.47. The van der Waals surface area contributed by atoms with Crippen LogP contribution in [0.5, 0.6) is 0 Å². The lowest BCUT2D eigenvalue weighted by Gasteiger charge is -2.16. The van der Waals surface area contributed by atoms with Crippen LogP contribution in [0.15, 0.2) is 71.5 Å². The molecule has 0 saturated carbocycles. The molecule has 0 unspecified atom stereocenters. The minimum absolute atomic E-state index is 0.187. The molecule has 5 rings (SSSR count). The summed E-state index contributed by atoms with van der Waals surface area (Å²) in [6, 6.07) is 21.6. The van der Waals surface area contributed by atoms with Crippen molar-refractivity contribution in [1.82, 2.24) is 18.9 Å². The molecule has 0 bridgehead atoms. The predicted molar refractivity (Wildman–Crippen MR) is 138 cm³/mol. The molecule has 0 fully saturated rings.